The molecule has 0 heterocycles. The zero-order valence-electron chi connectivity index (χ0n) is 19.2. The Bertz CT molecular complexity index is 1070. The molecule has 0 atom stereocenters. The lowest BCUT2D eigenvalue weighted by atomic mass is 9.95. The molecule has 2 aromatic carbocycles. The van der Waals surface area contributed by atoms with Gasteiger partial charge < -0.3 is 10.1 Å². The van der Waals surface area contributed by atoms with Crippen LogP contribution in [0.1, 0.15) is 78.1 Å². The Labute approximate surface area is 196 Å². The van der Waals surface area contributed by atoms with E-state index in [4.69, 9.17) is 4.74 Å². The van der Waals surface area contributed by atoms with Crippen molar-refractivity contribution in [3.63, 3.8) is 0 Å². The van der Waals surface area contributed by atoms with Crippen LogP contribution in [-0.4, -0.2) is 32.9 Å². The monoisotopic (exact) mass is 472 g/mol. The van der Waals surface area contributed by atoms with Gasteiger partial charge in [0.2, 0.25) is 0 Å². The van der Waals surface area contributed by atoms with Crippen LogP contribution in [-0.2, 0) is 14.8 Å². The molecule has 7 nitrogen and oxygen atoms in total. The van der Waals surface area contributed by atoms with Crippen molar-refractivity contribution in [3.05, 3.63) is 59.2 Å². The van der Waals surface area contributed by atoms with Crippen molar-refractivity contribution in [1.82, 2.24) is 5.32 Å². The first-order valence-electron chi connectivity index (χ1n) is 11.5. The fraction of sp³-hybridized carbons (Fsp3) is 0.440. The third kappa shape index (κ3) is 6.81. The molecule has 178 valence electrons. The number of unbranched alkanes of at least 4 members (excludes halogenated alkanes) is 1. The molecular formula is C25H32N2O5S. The summed E-state index contributed by atoms with van der Waals surface area (Å²) in [4.78, 5) is 24.8. The van der Waals surface area contributed by atoms with Crippen LogP contribution in [0.5, 0.6) is 0 Å². The zero-order valence-corrected chi connectivity index (χ0v) is 20.0. The lowest BCUT2D eigenvalue weighted by Crippen LogP contribution is -2.36. The van der Waals surface area contributed by atoms with Crippen LogP contribution < -0.4 is 10.0 Å². The number of rotatable bonds is 9. The molecule has 0 aliphatic heterocycles. The van der Waals surface area contributed by atoms with Crippen LogP contribution in [0.2, 0.25) is 0 Å². The topological polar surface area (TPSA) is 102 Å². The summed E-state index contributed by atoms with van der Waals surface area (Å²) >= 11 is 0. The molecule has 0 aromatic heterocycles. The van der Waals surface area contributed by atoms with Crippen LogP contribution in [0.25, 0.3) is 0 Å². The average Bonchev–Trinajstić information content (AvgIpc) is 2.80. The Kier molecular flexibility index (Phi) is 8.49. The fourth-order valence-corrected chi connectivity index (χ4v) is 4.89. The van der Waals surface area contributed by atoms with Gasteiger partial charge in [-0.05, 0) is 68.1 Å². The van der Waals surface area contributed by atoms with Gasteiger partial charge in [0.15, 0.2) is 0 Å². The van der Waals surface area contributed by atoms with Crippen molar-refractivity contribution < 1.29 is 22.7 Å². The molecule has 8 heteroatoms. The number of carbonyl (C=O) groups excluding carboxylic acids is 2. The summed E-state index contributed by atoms with van der Waals surface area (Å²) in [5, 5.41) is 3.04. The molecule has 0 spiro atoms. The number of aryl methyl sites for hydroxylation is 1. The lowest BCUT2D eigenvalue weighted by Gasteiger charge is -2.23. The van der Waals surface area contributed by atoms with E-state index in [9.17, 15) is 18.0 Å². The summed E-state index contributed by atoms with van der Waals surface area (Å²) in [5.41, 5.74) is 1.74. The summed E-state index contributed by atoms with van der Waals surface area (Å²) in [6, 6.07) is 10.7. The highest BCUT2D eigenvalue weighted by Gasteiger charge is 2.21. The van der Waals surface area contributed by atoms with Crippen LogP contribution in [0.15, 0.2) is 47.4 Å². The molecule has 1 fully saturated rings. The maximum atomic E-state index is 12.9. The van der Waals surface area contributed by atoms with Crippen LogP contribution in [0.3, 0.4) is 0 Å². The highest BCUT2D eigenvalue weighted by atomic mass is 32.2. The Balaban J connectivity index is 1.70. The first-order valence-corrected chi connectivity index (χ1v) is 13.0. The number of sulfonamides is 1. The van der Waals surface area contributed by atoms with Crippen molar-refractivity contribution in [2.75, 3.05) is 11.3 Å². The van der Waals surface area contributed by atoms with Crippen molar-refractivity contribution in [2.45, 2.75) is 69.7 Å². The second-order valence-corrected chi connectivity index (χ2v) is 10.1. The largest absolute Gasteiger partial charge is 0.462 e. The van der Waals surface area contributed by atoms with Crippen LogP contribution >= 0.6 is 0 Å². The van der Waals surface area contributed by atoms with Crippen molar-refractivity contribution >= 4 is 27.6 Å². The van der Waals surface area contributed by atoms with E-state index < -0.39 is 16.0 Å². The van der Waals surface area contributed by atoms with E-state index in [0.717, 1.165) is 38.5 Å². The molecule has 0 unspecified atom stereocenters. The molecule has 0 saturated heterocycles. The molecule has 0 radical (unpaired) electrons. The molecule has 2 N–H and O–H groups in total. The smallest absolute Gasteiger partial charge is 0.338 e. The van der Waals surface area contributed by atoms with E-state index in [0.29, 0.717) is 29.0 Å². The molecule has 1 amide bonds. The van der Waals surface area contributed by atoms with Crippen molar-refractivity contribution in [1.29, 1.82) is 0 Å². The Hall–Kier alpha value is -2.87. The van der Waals surface area contributed by atoms with Gasteiger partial charge in [0, 0.05) is 17.3 Å². The molecule has 0 bridgehead atoms. The SMILES string of the molecule is CCCCOC(=O)c1ccc(NS(=O)(=O)c2ccc(C)c(C(=O)NC3CCCCC3)c2)cc1. The Morgan fingerprint density at radius 2 is 1.73 bits per heavy atom. The standard InChI is InChI=1S/C25H32N2O5S/c1-3-4-16-32-25(29)19-11-13-21(14-12-19)27-33(30,31)22-15-10-18(2)23(17-22)24(28)26-20-8-6-5-7-9-20/h10-15,17,20,27H,3-9,16H2,1-2H3,(H,26,28). The molecular weight excluding hydrogens is 440 g/mol. The number of hydrogen-bond donors (Lipinski definition) is 2. The maximum Gasteiger partial charge on any atom is 0.338 e. The van der Waals surface area contributed by atoms with Gasteiger partial charge in [0.25, 0.3) is 15.9 Å². The average molecular weight is 473 g/mol. The maximum absolute atomic E-state index is 12.9. The van der Waals surface area contributed by atoms with Gasteiger partial charge in [-0.25, -0.2) is 13.2 Å². The van der Waals surface area contributed by atoms with Gasteiger partial charge in [-0.1, -0.05) is 38.7 Å². The number of carbonyl (C=O) groups is 2. The Morgan fingerprint density at radius 3 is 2.39 bits per heavy atom. The van der Waals surface area contributed by atoms with E-state index >= 15 is 0 Å². The van der Waals surface area contributed by atoms with Crippen molar-refractivity contribution in [3.8, 4) is 0 Å². The third-order valence-electron chi connectivity index (χ3n) is 5.81. The van der Waals surface area contributed by atoms with Gasteiger partial charge in [0.1, 0.15) is 0 Å². The van der Waals surface area contributed by atoms with E-state index in [1.165, 1.54) is 42.8 Å². The van der Waals surface area contributed by atoms with E-state index in [1.807, 2.05) is 6.92 Å². The minimum Gasteiger partial charge on any atom is -0.462 e. The summed E-state index contributed by atoms with van der Waals surface area (Å²) in [6.45, 7) is 4.15. The molecule has 1 saturated carbocycles. The quantitative estimate of drug-likeness (QED) is 0.403. The minimum absolute atomic E-state index is 0.00458. The summed E-state index contributed by atoms with van der Waals surface area (Å²) in [7, 11) is -3.92. The summed E-state index contributed by atoms with van der Waals surface area (Å²) in [6.07, 6.45) is 7.00. The molecule has 1 aliphatic carbocycles. The second kappa shape index (κ2) is 11.3. The van der Waals surface area contributed by atoms with Gasteiger partial charge in [0.05, 0.1) is 17.1 Å². The molecule has 2 aromatic rings. The second-order valence-electron chi connectivity index (χ2n) is 8.46. The number of ether oxygens (including phenoxy) is 1. The highest BCUT2D eigenvalue weighted by Crippen LogP contribution is 2.22. The predicted octanol–water partition coefficient (Wildman–Crippen LogP) is 4.82. The normalized spacial score (nSPS) is 14.5. The molecule has 33 heavy (non-hydrogen) atoms. The molecule has 1 aliphatic rings. The summed E-state index contributed by atoms with van der Waals surface area (Å²) in [5.74, 6) is -0.688. The highest BCUT2D eigenvalue weighted by molar-refractivity contribution is 7.92. The third-order valence-corrected chi connectivity index (χ3v) is 7.19. The van der Waals surface area contributed by atoms with E-state index in [-0.39, 0.29) is 16.8 Å². The molecule has 3 rings (SSSR count). The van der Waals surface area contributed by atoms with E-state index in [1.54, 1.807) is 13.0 Å². The van der Waals surface area contributed by atoms with Crippen molar-refractivity contribution in [2.24, 2.45) is 0 Å². The fourth-order valence-electron chi connectivity index (χ4n) is 3.80. The first kappa shape index (κ1) is 24.8. The number of nitrogens with one attached hydrogen (secondary N) is 2. The minimum atomic E-state index is -3.92. The lowest BCUT2D eigenvalue weighted by molar-refractivity contribution is 0.0499. The number of esters is 1. The summed E-state index contributed by atoms with van der Waals surface area (Å²) < 4.78 is 33.5. The number of amides is 1. The Morgan fingerprint density at radius 1 is 1.03 bits per heavy atom. The zero-order chi connectivity index (χ0) is 23.8. The van der Waals surface area contributed by atoms with Crippen LogP contribution in [0, 0.1) is 6.92 Å². The van der Waals surface area contributed by atoms with Gasteiger partial charge in [-0.3, -0.25) is 9.52 Å². The first-order chi connectivity index (χ1) is 15.8. The van der Waals surface area contributed by atoms with E-state index in [2.05, 4.69) is 10.0 Å². The van der Waals surface area contributed by atoms with Gasteiger partial charge in [-0.15, -0.1) is 0 Å². The number of benzene rings is 2. The predicted molar refractivity (Wildman–Crippen MR) is 128 cm³/mol. The number of anilines is 1. The number of hydrogen-bond acceptors (Lipinski definition) is 5. The van der Waals surface area contributed by atoms with Crippen LogP contribution in [0.4, 0.5) is 5.69 Å². The van der Waals surface area contributed by atoms with Gasteiger partial charge >= 0.3 is 5.97 Å². The van der Waals surface area contributed by atoms with Gasteiger partial charge in [-0.2, -0.15) is 0 Å².